The Labute approximate surface area is 109 Å². The summed E-state index contributed by atoms with van der Waals surface area (Å²) in [5.41, 5.74) is 7.48. The Kier molecular flexibility index (Phi) is 3.25. The lowest BCUT2D eigenvalue weighted by Crippen LogP contribution is -2.20. The molecule has 4 atom stereocenters. The van der Waals surface area contributed by atoms with Gasteiger partial charge < -0.3 is 10.5 Å². The maximum absolute atomic E-state index is 6.38. The van der Waals surface area contributed by atoms with Crippen LogP contribution in [0.2, 0.25) is 0 Å². The predicted molar refractivity (Wildman–Crippen MR) is 71.3 cm³/mol. The normalized spacial score (nSPS) is 31.6. The van der Waals surface area contributed by atoms with Gasteiger partial charge >= 0.3 is 0 Å². The van der Waals surface area contributed by atoms with E-state index in [1.807, 2.05) is 6.07 Å². The third kappa shape index (κ3) is 2.12. The predicted octanol–water partition coefficient (Wildman–Crippen LogP) is 2.92. The van der Waals surface area contributed by atoms with E-state index in [1.165, 1.54) is 25.7 Å². The molecule has 0 saturated heterocycles. The molecule has 2 N–H and O–H groups in total. The number of fused-ring (bicyclic) bond motifs is 2. The molecule has 4 unspecified atom stereocenters. The van der Waals surface area contributed by atoms with Gasteiger partial charge in [0.05, 0.1) is 13.3 Å². The third-order valence-electron chi connectivity index (χ3n) is 4.88. The van der Waals surface area contributed by atoms with E-state index in [9.17, 15) is 0 Å². The first-order valence-corrected chi connectivity index (χ1v) is 7.01. The van der Waals surface area contributed by atoms with Crippen molar-refractivity contribution in [1.82, 2.24) is 4.98 Å². The van der Waals surface area contributed by atoms with E-state index in [-0.39, 0.29) is 6.04 Å². The summed E-state index contributed by atoms with van der Waals surface area (Å²) in [6.07, 6.45) is 10.4. The van der Waals surface area contributed by atoms with Crippen LogP contribution < -0.4 is 10.5 Å². The summed E-state index contributed by atoms with van der Waals surface area (Å²) in [6, 6.07) is 2.09. The van der Waals surface area contributed by atoms with E-state index in [0.29, 0.717) is 0 Å². The van der Waals surface area contributed by atoms with Crippen LogP contribution in [-0.4, -0.2) is 12.1 Å². The first-order valence-electron chi connectivity index (χ1n) is 7.01. The molecule has 2 bridgehead atoms. The number of nitrogens with zero attached hydrogens (tertiary/aromatic N) is 1. The average molecular weight is 246 g/mol. The number of aromatic nitrogens is 1. The van der Waals surface area contributed by atoms with Crippen molar-refractivity contribution >= 4 is 0 Å². The zero-order valence-electron chi connectivity index (χ0n) is 11.0. The summed E-state index contributed by atoms with van der Waals surface area (Å²) in [7, 11) is 1.69. The number of hydrogen-bond donors (Lipinski definition) is 1. The largest absolute Gasteiger partial charge is 0.495 e. The van der Waals surface area contributed by atoms with Gasteiger partial charge in [-0.1, -0.05) is 6.42 Å². The second-order valence-corrected chi connectivity index (χ2v) is 5.89. The molecule has 0 radical (unpaired) electrons. The summed E-state index contributed by atoms with van der Waals surface area (Å²) in [6.45, 7) is 0. The maximum Gasteiger partial charge on any atom is 0.141 e. The fourth-order valence-electron chi connectivity index (χ4n) is 3.99. The molecule has 1 aromatic rings. The highest BCUT2D eigenvalue weighted by atomic mass is 16.5. The van der Waals surface area contributed by atoms with Crippen LogP contribution in [0.5, 0.6) is 5.75 Å². The molecule has 2 aliphatic carbocycles. The van der Waals surface area contributed by atoms with E-state index in [4.69, 9.17) is 10.5 Å². The zero-order valence-corrected chi connectivity index (χ0v) is 11.0. The van der Waals surface area contributed by atoms with E-state index in [2.05, 4.69) is 4.98 Å². The lowest BCUT2D eigenvalue weighted by molar-refractivity contribution is 0.293. The highest BCUT2D eigenvalue weighted by Crippen LogP contribution is 2.50. The second kappa shape index (κ2) is 4.88. The van der Waals surface area contributed by atoms with Gasteiger partial charge in [0, 0.05) is 17.8 Å². The molecular weight excluding hydrogens is 224 g/mol. The van der Waals surface area contributed by atoms with Gasteiger partial charge in [0.2, 0.25) is 0 Å². The van der Waals surface area contributed by atoms with Crippen LogP contribution in [0, 0.1) is 17.8 Å². The van der Waals surface area contributed by atoms with Crippen LogP contribution in [0.25, 0.3) is 0 Å². The molecule has 3 nitrogen and oxygen atoms in total. The summed E-state index contributed by atoms with van der Waals surface area (Å²) in [4.78, 5) is 4.09. The number of methoxy groups -OCH3 is 1. The Morgan fingerprint density at radius 1 is 1.44 bits per heavy atom. The van der Waals surface area contributed by atoms with E-state index < -0.39 is 0 Å². The second-order valence-electron chi connectivity index (χ2n) is 5.89. The summed E-state index contributed by atoms with van der Waals surface area (Å²) < 4.78 is 5.35. The van der Waals surface area contributed by atoms with E-state index in [0.717, 1.165) is 35.5 Å². The molecular formula is C15H22N2O. The molecule has 98 valence electrons. The van der Waals surface area contributed by atoms with Crippen LogP contribution in [0.4, 0.5) is 0 Å². The molecule has 2 saturated carbocycles. The molecule has 0 spiro atoms. The van der Waals surface area contributed by atoms with E-state index >= 15 is 0 Å². The molecule has 0 aliphatic heterocycles. The van der Waals surface area contributed by atoms with Gasteiger partial charge in [-0.05, 0) is 49.5 Å². The van der Waals surface area contributed by atoms with Crippen molar-refractivity contribution in [2.75, 3.05) is 7.11 Å². The maximum atomic E-state index is 6.38. The van der Waals surface area contributed by atoms with Gasteiger partial charge in [-0.3, -0.25) is 4.98 Å². The van der Waals surface area contributed by atoms with Crippen LogP contribution in [0.3, 0.4) is 0 Å². The van der Waals surface area contributed by atoms with Crippen molar-refractivity contribution < 1.29 is 4.74 Å². The SMILES string of the molecule is COc1cnccc1C(N)CC1CC2CCC1C2. The fraction of sp³-hybridized carbons (Fsp3) is 0.667. The van der Waals surface area contributed by atoms with Gasteiger partial charge in [-0.25, -0.2) is 0 Å². The Balaban J connectivity index is 1.69. The first kappa shape index (κ1) is 12.0. The van der Waals surface area contributed by atoms with Crippen LogP contribution in [0.1, 0.15) is 43.7 Å². The Hall–Kier alpha value is -1.09. The molecule has 3 rings (SSSR count). The van der Waals surface area contributed by atoms with Gasteiger partial charge in [0.15, 0.2) is 0 Å². The molecule has 2 aliphatic rings. The average Bonchev–Trinajstić information content (AvgIpc) is 3.01. The van der Waals surface area contributed by atoms with Gasteiger partial charge in [-0.2, -0.15) is 0 Å². The molecule has 18 heavy (non-hydrogen) atoms. The molecule has 0 amide bonds. The summed E-state index contributed by atoms with van der Waals surface area (Å²) in [5.74, 6) is 3.59. The van der Waals surface area contributed by atoms with Crippen molar-refractivity contribution in [3.63, 3.8) is 0 Å². The topological polar surface area (TPSA) is 48.1 Å². The summed E-state index contributed by atoms with van der Waals surface area (Å²) >= 11 is 0. The summed E-state index contributed by atoms with van der Waals surface area (Å²) in [5, 5.41) is 0. The number of nitrogens with two attached hydrogens (primary N) is 1. The molecule has 3 heteroatoms. The first-order chi connectivity index (χ1) is 8.78. The zero-order chi connectivity index (χ0) is 12.5. The van der Waals surface area contributed by atoms with Crippen molar-refractivity contribution in [2.45, 2.75) is 38.1 Å². The standard InChI is InChI=1S/C15H22N2O/c1-18-15-9-17-5-4-13(15)14(16)8-12-7-10-2-3-11(12)6-10/h4-5,9-12,14H,2-3,6-8,16H2,1H3. The van der Waals surface area contributed by atoms with Gasteiger partial charge in [0.1, 0.15) is 5.75 Å². The Morgan fingerprint density at radius 2 is 2.33 bits per heavy atom. The molecule has 1 heterocycles. The van der Waals surface area contributed by atoms with Gasteiger partial charge in [-0.15, -0.1) is 0 Å². The fourth-order valence-corrected chi connectivity index (χ4v) is 3.99. The third-order valence-corrected chi connectivity index (χ3v) is 4.88. The van der Waals surface area contributed by atoms with Crippen molar-refractivity contribution in [3.05, 3.63) is 24.0 Å². The molecule has 1 aromatic heterocycles. The number of rotatable bonds is 4. The number of hydrogen-bond acceptors (Lipinski definition) is 3. The van der Waals surface area contributed by atoms with E-state index in [1.54, 1.807) is 19.5 Å². The highest BCUT2D eigenvalue weighted by molar-refractivity contribution is 5.32. The molecule has 0 aromatic carbocycles. The van der Waals surface area contributed by atoms with Crippen LogP contribution >= 0.6 is 0 Å². The lowest BCUT2D eigenvalue weighted by Gasteiger charge is -2.25. The number of ether oxygens (including phenoxy) is 1. The Bertz CT molecular complexity index is 421. The lowest BCUT2D eigenvalue weighted by atomic mass is 9.83. The van der Waals surface area contributed by atoms with Crippen molar-refractivity contribution in [2.24, 2.45) is 23.5 Å². The van der Waals surface area contributed by atoms with Gasteiger partial charge in [0.25, 0.3) is 0 Å². The van der Waals surface area contributed by atoms with Crippen LogP contribution in [-0.2, 0) is 0 Å². The number of pyridine rings is 1. The molecule has 2 fully saturated rings. The monoisotopic (exact) mass is 246 g/mol. The van der Waals surface area contributed by atoms with Crippen molar-refractivity contribution in [3.8, 4) is 5.75 Å². The minimum absolute atomic E-state index is 0.0901. The van der Waals surface area contributed by atoms with Crippen LogP contribution in [0.15, 0.2) is 18.5 Å². The minimum Gasteiger partial charge on any atom is -0.495 e. The van der Waals surface area contributed by atoms with Crippen molar-refractivity contribution in [1.29, 1.82) is 0 Å². The quantitative estimate of drug-likeness (QED) is 0.888. The Morgan fingerprint density at radius 3 is 3.00 bits per heavy atom. The highest BCUT2D eigenvalue weighted by Gasteiger charge is 2.40. The smallest absolute Gasteiger partial charge is 0.141 e. The minimum atomic E-state index is 0.0901.